The van der Waals surface area contributed by atoms with E-state index in [-0.39, 0.29) is 54.6 Å². The number of pyridine rings is 1. The normalized spacial score (nSPS) is 15.4. The van der Waals surface area contributed by atoms with Crippen LogP contribution in [0, 0.1) is 6.92 Å². The molecule has 4 aromatic rings. The van der Waals surface area contributed by atoms with E-state index in [1.165, 1.54) is 4.57 Å². The summed E-state index contributed by atoms with van der Waals surface area (Å²) in [5.41, 5.74) is 9.84. The Balaban J connectivity index is 0.00000231. The molecule has 0 saturated carbocycles. The zero-order chi connectivity index (χ0) is 27.4. The van der Waals surface area contributed by atoms with Gasteiger partial charge in [0.05, 0.1) is 11.9 Å². The predicted molar refractivity (Wildman–Crippen MR) is 165 cm³/mol. The Bertz CT molecular complexity index is 1480. The number of aryl methyl sites for hydroxylation is 1. The molecule has 3 heterocycles. The van der Waals surface area contributed by atoms with E-state index in [0.717, 1.165) is 22.4 Å². The summed E-state index contributed by atoms with van der Waals surface area (Å²) >= 11 is 0. The second-order valence-electron chi connectivity index (χ2n) is 9.64. The van der Waals surface area contributed by atoms with Crippen molar-refractivity contribution < 1.29 is 9.53 Å². The van der Waals surface area contributed by atoms with Crippen molar-refractivity contribution >= 4 is 42.4 Å². The number of nitrogens with two attached hydrogens (primary N) is 1. The molecule has 9 nitrogen and oxygen atoms in total. The number of benzene rings is 2. The number of anilines is 2. The number of nitrogens with zero attached hydrogens (tertiary/aromatic N) is 3. The molecule has 0 aliphatic carbocycles. The molecule has 0 spiro atoms. The molecular formula is C30H34Cl2N6O3. The van der Waals surface area contributed by atoms with E-state index in [0.29, 0.717) is 24.5 Å². The molecular weight excluding hydrogens is 563 g/mol. The van der Waals surface area contributed by atoms with Crippen LogP contribution in [0.3, 0.4) is 0 Å². The number of hydrogen-bond donors (Lipinski definition) is 3. The van der Waals surface area contributed by atoms with Crippen LogP contribution in [0.4, 0.5) is 11.6 Å². The summed E-state index contributed by atoms with van der Waals surface area (Å²) in [6.07, 6.45) is 1.56. The number of amides is 1. The van der Waals surface area contributed by atoms with Crippen LogP contribution in [0.15, 0.2) is 83.8 Å². The van der Waals surface area contributed by atoms with Crippen LogP contribution >= 0.6 is 24.8 Å². The van der Waals surface area contributed by atoms with Crippen molar-refractivity contribution in [1.29, 1.82) is 0 Å². The van der Waals surface area contributed by atoms with Gasteiger partial charge in [-0.15, -0.1) is 24.8 Å². The van der Waals surface area contributed by atoms with Gasteiger partial charge in [0, 0.05) is 38.2 Å². The number of carbonyl (C=O) groups is 1. The van der Waals surface area contributed by atoms with Crippen molar-refractivity contribution in [1.82, 2.24) is 19.9 Å². The first-order chi connectivity index (χ1) is 19.0. The van der Waals surface area contributed by atoms with Gasteiger partial charge >= 0.3 is 0 Å². The van der Waals surface area contributed by atoms with Crippen molar-refractivity contribution in [2.45, 2.75) is 38.0 Å². The number of nitrogens with one attached hydrogen (secondary N) is 2. The number of hydrogen-bond acceptors (Lipinski definition) is 7. The van der Waals surface area contributed by atoms with Gasteiger partial charge in [0.25, 0.3) is 5.56 Å². The van der Waals surface area contributed by atoms with Crippen LogP contribution in [0.5, 0.6) is 0 Å². The molecule has 5 rings (SSSR count). The smallest absolute Gasteiger partial charge is 0.294 e. The van der Waals surface area contributed by atoms with Crippen LogP contribution in [0.2, 0.25) is 0 Å². The highest BCUT2D eigenvalue weighted by atomic mass is 35.5. The Kier molecular flexibility index (Phi) is 10.9. The lowest BCUT2D eigenvalue weighted by molar-refractivity contribution is -0.124. The van der Waals surface area contributed by atoms with E-state index in [1.54, 1.807) is 19.4 Å². The molecule has 2 aromatic carbocycles. The van der Waals surface area contributed by atoms with Crippen LogP contribution < -0.4 is 21.9 Å². The molecule has 1 amide bonds. The molecule has 2 atom stereocenters. The fourth-order valence-electron chi connectivity index (χ4n) is 5.12. The lowest BCUT2D eigenvalue weighted by Crippen LogP contribution is -2.36. The zero-order valence-corrected chi connectivity index (χ0v) is 24.5. The molecule has 11 heteroatoms. The number of aromatic nitrogens is 3. The van der Waals surface area contributed by atoms with Gasteiger partial charge in [0.15, 0.2) is 5.82 Å². The van der Waals surface area contributed by atoms with E-state index < -0.39 is 12.1 Å². The molecule has 216 valence electrons. The molecule has 2 aromatic heterocycles. The van der Waals surface area contributed by atoms with E-state index in [9.17, 15) is 9.59 Å². The summed E-state index contributed by atoms with van der Waals surface area (Å²) in [5, 5.41) is 6.22. The van der Waals surface area contributed by atoms with E-state index in [2.05, 4.69) is 44.9 Å². The summed E-state index contributed by atoms with van der Waals surface area (Å²) in [5.74, 6) is 0.368. The fourth-order valence-corrected chi connectivity index (χ4v) is 5.12. The average Bonchev–Trinajstić information content (AvgIpc) is 3.34. The minimum absolute atomic E-state index is 0. The zero-order valence-electron chi connectivity index (χ0n) is 22.8. The average molecular weight is 598 g/mol. The van der Waals surface area contributed by atoms with Gasteiger partial charge in [-0.3, -0.25) is 14.2 Å². The standard InChI is InChI=1S/C30H32N6O3.2ClH/c1-19-22(13-14-27(31)35-19)16-34-29(37)24-15-26(39-2)25-18-33-28(30(38)36(24)25)32-17-23(20-9-5-3-6-10-20)21-11-7-4-8-12-21;;/h3-14,18,23-24,26H,15-17H2,1-2H3,(H2,31,35)(H,32,33)(H,34,37);2*1H/t24-,26+;;/m0../s1. The second-order valence-corrected chi connectivity index (χ2v) is 9.64. The predicted octanol–water partition coefficient (Wildman–Crippen LogP) is 4.57. The molecule has 0 unspecified atom stereocenters. The van der Waals surface area contributed by atoms with Crippen LogP contribution in [-0.4, -0.2) is 34.1 Å². The van der Waals surface area contributed by atoms with Crippen LogP contribution in [-0.2, 0) is 16.1 Å². The highest BCUT2D eigenvalue weighted by Crippen LogP contribution is 2.35. The lowest BCUT2D eigenvalue weighted by atomic mass is 9.91. The molecule has 0 saturated heterocycles. The quantitative estimate of drug-likeness (QED) is 0.258. The van der Waals surface area contributed by atoms with Crippen LogP contribution in [0.25, 0.3) is 0 Å². The molecule has 0 fully saturated rings. The van der Waals surface area contributed by atoms with Crippen molar-refractivity contribution in [3.05, 3.63) is 117 Å². The largest absolute Gasteiger partial charge is 0.384 e. The second kappa shape index (κ2) is 14.1. The van der Waals surface area contributed by atoms with Gasteiger partial charge in [0.2, 0.25) is 5.91 Å². The first-order valence-electron chi connectivity index (χ1n) is 12.9. The van der Waals surface area contributed by atoms with Crippen molar-refractivity contribution in [3.8, 4) is 0 Å². The highest BCUT2D eigenvalue weighted by molar-refractivity contribution is 5.85. The van der Waals surface area contributed by atoms with Gasteiger partial charge in [-0.1, -0.05) is 66.7 Å². The number of carbonyl (C=O) groups excluding carboxylic acids is 1. The third-order valence-electron chi connectivity index (χ3n) is 7.24. The van der Waals surface area contributed by atoms with Crippen molar-refractivity contribution in [2.75, 3.05) is 24.7 Å². The fraction of sp³-hybridized carbons (Fsp3) is 0.267. The number of nitrogen functional groups attached to an aromatic ring is 1. The summed E-state index contributed by atoms with van der Waals surface area (Å²) in [6, 6.07) is 23.1. The van der Waals surface area contributed by atoms with E-state index in [4.69, 9.17) is 10.5 Å². The number of halogens is 2. The minimum atomic E-state index is -0.720. The number of ether oxygens (including phenoxy) is 1. The van der Waals surface area contributed by atoms with E-state index >= 15 is 0 Å². The minimum Gasteiger partial charge on any atom is -0.384 e. The summed E-state index contributed by atoms with van der Waals surface area (Å²) in [7, 11) is 1.57. The number of fused-ring (bicyclic) bond motifs is 1. The molecule has 1 aliphatic rings. The third-order valence-corrected chi connectivity index (χ3v) is 7.24. The first-order valence-corrected chi connectivity index (χ1v) is 12.9. The number of rotatable bonds is 9. The SMILES string of the molecule is CO[C@@H]1C[C@@H](C(=O)NCc2ccc(N)nc2C)n2c1cnc(NCC(c1ccccc1)c1ccccc1)c2=O.Cl.Cl. The topological polar surface area (TPSA) is 124 Å². The third kappa shape index (κ3) is 6.87. The maximum absolute atomic E-state index is 13.7. The molecule has 0 radical (unpaired) electrons. The van der Waals surface area contributed by atoms with Crippen molar-refractivity contribution in [3.63, 3.8) is 0 Å². The van der Waals surface area contributed by atoms with Crippen molar-refractivity contribution in [2.24, 2.45) is 0 Å². The van der Waals surface area contributed by atoms with Gasteiger partial charge in [-0.05, 0) is 29.7 Å². The summed E-state index contributed by atoms with van der Waals surface area (Å²) in [4.78, 5) is 35.7. The van der Waals surface area contributed by atoms with Gasteiger partial charge in [-0.25, -0.2) is 9.97 Å². The molecule has 41 heavy (non-hydrogen) atoms. The highest BCUT2D eigenvalue weighted by Gasteiger charge is 2.37. The summed E-state index contributed by atoms with van der Waals surface area (Å²) in [6.45, 7) is 2.59. The Morgan fingerprint density at radius 1 is 1.05 bits per heavy atom. The molecule has 1 aliphatic heterocycles. The Morgan fingerprint density at radius 3 is 2.27 bits per heavy atom. The molecule has 0 bridgehead atoms. The lowest BCUT2D eigenvalue weighted by Gasteiger charge is -2.20. The van der Waals surface area contributed by atoms with Gasteiger partial charge < -0.3 is 21.1 Å². The Morgan fingerprint density at radius 2 is 1.68 bits per heavy atom. The number of methoxy groups -OCH3 is 1. The first kappa shape index (κ1) is 31.6. The van der Waals surface area contributed by atoms with Gasteiger partial charge in [0.1, 0.15) is 18.0 Å². The summed E-state index contributed by atoms with van der Waals surface area (Å²) < 4.78 is 7.10. The van der Waals surface area contributed by atoms with Crippen LogP contribution in [0.1, 0.15) is 52.6 Å². The Labute approximate surface area is 251 Å². The van der Waals surface area contributed by atoms with E-state index in [1.807, 2.05) is 49.4 Å². The maximum Gasteiger partial charge on any atom is 0.294 e. The Hall–Kier alpha value is -3.92. The monoisotopic (exact) mass is 596 g/mol. The molecule has 4 N–H and O–H groups in total. The van der Waals surface area contributed by atoms with Gasteiger partial charge in [-0.2, -0.15) is 0 Å². The maximum atomic E-state index is 13.7.